The third-order valence-electron chi connectivity index (χ3n) is 4.68. The third kappa shape index (κ3) is 13.6. The Balaban J connectivity index is 0.000000672. The summed E-state index contributed by atoms with van der Waals surface area (Å²) in [6, 6.07) is 5.19. The smallest absolute Gasteiger partial charge is 0.323 e. The van der Waals surface area contributed by atoms with Crippen molar-refractivity contribution in [2.45, 2.75) is 51.1 Å². The lowest BCUT2D eigenvalue weighted by atomic mass is 9.87. The molecule has 1 aromatic rings. The number of guanidine groups is 1. The van der Waals surface area contributed by atoms with E-state index in [-0.39, 0.29) is 18.3 Å². The summed E-state index contributed by atoms with van der Waals surface area (Å²) < 4.78 is 4.52. The molecule has 0 radical (unpaired) electrons. The average Bonchev–Trinajstić information content (AvgIpc) is 2.74. The third-order valence-corrected chi connectivity index (χ3v) is 4.68. The van der Waals surface area contributed by atoms with Gasteiger partial charge in [-0.2, -0.15) is 0 Å². The van der Waals surface area contributed by atoms with Crippen molar-refractivity contribution in [2.75, 3.05) is 13.2 Å². The zero-order valence-electron chi connectivity index (χ0n) is 19.9. The lowest BCUT2D eigenvalue weighted by molar-refractivity contribution is -0.149. The molecule has 0 aliphatic rings. The summed E-state index contributed by atoms with van der Waals surface area (Å²) in [4.78, 5) is 43.4. The number of hydrogen-bond acceptors (Lipinski definition) is 8. The number of hydrogen-bond donors (Lipinski definition) is 8. The topological polar surface area (TPSA) is 258 Å². The van der Waals surface area contributed by atoms with Crippen LogP contribution in [0.1, 0.15) is 43.7 Å². The quantitative estimate of drug-likeness (QED) is 0.0715. The number of esters is 1. The molecule has 196 valence electrons. The molecule has 0 fully saturated rings. The van der Waals surface area contributed by atoms with Crippen LogP contribution in [-0.4, -0.2) is 65.2 Å². The number of rotatable bonds is 13. The molecule has 0 spiro atoms. The molecule has 0 aliphatic heterocycles. The molecule has 13 heteroatoms. The first-order valence-corrected chi connectivity index (χ1v) is 10.8. The van der Waals surface area contributed by atoms with E-state index in [2.05, 4.69) is 10.1 Å². The maximum absolute atomic E-state index is 11.3. The molecule has 0 saturated heterocycles. The van der Waals surface area contributed by atoms with Gasteiger partial charge >= 0.3 is 17.9 Å². The van der Waals surface area contributed by atoms with Crippen molar-refractivity contribution in [3.05, 3.63) is 35.4 Å². The minimum atomic E-state index is -1.07. The summed E-state index contributed by atoms with van der Waals surface area (Å²) in [6.07, 6.45) is 1.12. The van der Waals surface area contributed by atoms with Crippen LogP contribution in [0.3, 0.4) is 0 Å². The maximum Gasteiger partial charge on any atom is 0.323 e. The molecule has 35 heavy (non-hydrogen) atoms. The fraction of sp³-hybridized carbons (Fsp3) is 0.500. The number of nitrogens with two attached hydrogens (primary N) is 4. The number of carbonyl (C=O) groups is 4. The fourth-order valence-electron chi connectivity index (χ4n) is 2.98. The number of aliphatic carboxylic acids is 2. The summed E-state index contributed by atoms with van der Waals surface area (Å²) in [5.74, 6) is -4.11. The molecule has 0 bridgehead atoms. The number of nitrogens with one attached hydrogen (secondary N) is 2. The highest BCUT2D eigenvalue weighted by Crippen LogP contribution is 2.25. The predicted octanol–water partition coefficient (Wildman–Crippen LogP) is -0.929. The van der Waals surface area contributed by atoms with E-state index in [4.69, 9.17) is 33.5 Å². The van der Waals surface area contributed by atoms with E-state index < -0.39 is 48.4 Å². The van der Waals surface area contributed by atoms with Crippen LogP contribution in [0.15, 0.2) is 24.3 Å². The van der Waals surface area contributed by atoms with Crippen molar-refractivity contribution in [2.24, 2.45) is 28.9 Å². The van der Waals surface area contributed by atoms with Gasteiger partial charge in [-0.25, -0.2) is 0 Å². The van der Waals surface area contributed by atoms with Crippen molar-refractivity contribution >= 4 is 29.8 Å². The van der Waals surface area contributed by atoms with E-state index in [9.17, 15) is 24.3 Å². The number of amides is 1. The van der Waals surface area contributed by atoms with E-state index >= 15 is 0 Å². The van der Waals surface area contributed by atoms with Gasteiger partial charge in [0.05, 0.1) is 5.92 Å². The van der Waals surface area contributed by atoms with Crippen LogP contribution in [0.25, 0.3) is 0 Å². The molecule has 1 unspecified atom stereocenters. The fourth-order valence-corrected chi connectivity index (χ4v) is 2.98. The van der Waals surface area contributed by atoms with Crippen molar-refractivity contribution < 1.29 is 34.1 Å². The van der Waals surface area contributed by atoms with Gasteiger partial charge in [-0.15, -0.1) is 0 Å². The van der Waals surface area contributed by atoms with Gasteiger partial charge in [0.2, 0.25) is 0 Å². The molecule has 1 rings (SSSR count). The summed E-state index contributed by atoms with van der Waals surface area (Å²) in [6.45, 7) is 3.67. The Morgan fingerprint density at radius 2 is 1.69 bits per heavy atom. The number of ether oxygens (including phenoxy) is 1. The minimum Gasteiger partial charge on any atom is -0.481 e. The first kappa shape index (κ1) is 31.3. The number of carboxylic acids is 2. The minimum absolute atomic E-state index is 0.0408. The van der Waals surface area contributed by atoms with Gasteiger partial charge < -0.3 is 43.2 Å². The van der Waals surface area contributed by atoms with E-state index in [1.165, 1.54) is 0 Å². The van der Waals surface area contributed by atoms with E-state index in [0.29, 0.717) is 24.9 Å². The van der Waals surface area contributed by atoms with Gasteiger partial charge in [-0.1, -0.05) is 38.1 Å². The molecule has 0 saturated carbocycles. The summed E-state index contributed by atoms with van der Waals surface area (Å²) in [5, 5.41) is 27.5. The standard InChI is InChI=1S/C14H19NO4.C8H17N5O3/c1-8(2)12(14(18)19)10-5-3-4-9(6-10)7-11(15)13(16)17;9-5(2-1-3-13-8(11)12)7(15)16-4-6(10)14/h3-6,8,11-12H,7,15H2,1-2H3,(H,16,17)(H,18,19);5H,1-4,9H2,(H2,10,14)(H4,11,12,13)/t11-,12?;5-/m00/s1. The second kappa shape index (κ2) is 16.0. The lowest BCUT2D eigenvalue weighted by Crippen LogP contribution is -2.36. The summed E-state index contributed by atoms with van der Waals surface area (Å²) in [7, 11) is 0. The highest BCUT2D eigenvalue weighted by molar-refractivity contribution is 5.81. The van der Waals surface area contributed by atoms with Crippen LogP contribution >= 0.6 is 0 Å². The van der Waals surface area contributed by atoms with Crippen molar-refractivity contribution in [1.82, 2.24) is 5.32 Å². The maximum atomic E-state index is 11.3. The Morgan fingerprint density at radius 1 is 1.06 bits per heavy atom. The number of carbonyl (C=O) groups excluding carboxylic acids is 2. The van der Waals surface area contributed by atoms with E-state index in [1.807, 2.05) is 13.8 Å². The Bertz CT molecular complexity index is 878. The Morgan fingerprint density at radius 3 is 2.17 bits per heavy atom. The molecular weight excluding hydrogens is 460 g/mol. The summed E-state index contributed by atoms with van der Waals surface area (Å²) in [5.41, 5.74) is 22.2. The highest BCUT2D eigenvalue weighted by atomic mass is 16.5. The van der Waals surface area contributed by atoms with Crippen molar-refractivity contribution in [3.63, 3.8) is 0 Å². The van der Waals surface area contributed by atoms with Crippen LogP contribution in [0.2, 0.25) is 0 Å². The van der Waals surface area contributed by atoms with Crippen LogP contribution in [0, 0.1) is 11.3 Å². The van der Waals surface area contributed by atoms with Gasteiger partial charge in [-0.3, -0.25) is 24.6 Å². The average molecular weight is 497 g/mol. The molecular formula is C22H36N6O7. The predicted molar refractivity (Wildman–Crippen MR) is 128 cm³/mol. The first-order valence-electron chi connectivity index (χ1n) is 10.8. The highest BCUT2D eigenvalue weighted by Gasteiger charge is 2.24. The van der Waals surface area contributed by atoms with E-state index in [1.54, 1.807) is 24.3 Å². The van der Waals surface area contributed by atoms with E-state index in [0.717, 1.165) is 5.56 Å². The Hall–Kier alpha value is -3.71. The normalized spacial score (nSPS) is 12.9. The van der Waals surface area contributed by atoms with Crippen LogP contribution in [0.5, 0.6) is 0 Å². The molecule has 0 aromatic heterocycles. The van der Waals surface area contributed by atoms with Crippen LogP contribution in [-0.2, 0) is 30.3 Å². The number of carboxylic acid groups (broad SMARTS) is 2. The Kier molecular flexibility index (Phi) is 14.3. The molecule has 1 aromatic carbocycles. The van der Waals surface area contributed by atoms with Gasteiger partial charge in [0.25, 0.3) is 5.91 Å². The largest absolute Gasteiger partial charge is 0.481 e. The number of primary amides is 1. The van der Waals surface area contributed by atoms with Gasteiger partial charge in [-0.05, 0) is 36.3 Å². The molecule has 0 heterocycles. The van der Waals surface area contributed by atoms with Crippen molar-refractivity contribution in [3.8, 4) is 0 Å². The van der Waals surface area contributed by atoms with Crippen LogP contribution in [0.4, 0.5) is 0 Å². The monoisotopic (exact) mass is 496 g/mol. The second-order valence-electron chi connectivity index (χ2n) is 8.12. The van der Waals surface area contributed by atoms with Crippen molar-refractivity contribution in [1.29, 1.82) is 5.41 Å². The zero-order valence-corrected chi connectivity index (χ0v) is 19.9. The SMILES string of the molecule is CC(C)C(C(=O)O)c1cccc(C[C@H](N)C(=O)O)c1.N=C(N)NCCC[C@H](N)C(=O)OCC(N)=O. The summed E-state index contributed by atoms with van der Waals surface area (Å²) >= 11 is 0. The van der Waals surface area contributed by atoms with Gasteiger partial charge in [0.1, 0.15) is 12.1 Å². The zero-order chi connectivity index (χ0) is 27.1. The van der Waals surface area contributed by atoms with Gasteiger partial charge in [0, 0.05) is 6.54 Å². The second-order valence-corrected chi connectivity index (χ2v) is 8.12. The lowest BCUT2D eigenvalue weighted by Gasteiger charge is -2.17. The number of benzene rings is 1. The molecule has 0 aliphatic carbocycles. The molecule has 12 N–H and O–H groups in total. The molecule has 13 nitrogen and oxygen atoms in total. The van der Waals surface area contributed by atoms with Gasteiger partial charge in [0.15, 0.2) is 12.6 Å². The first-order chi connectivity index (χ1) is 16.3. The molecule has 3 atom stereocenters. The molecule has 1 amide bonds. The Labute approximate surface area is 203 Å². The van der Waals surface area contributed by atoms with Crippen LogP contribution < -0.4 is 28.3 Å².